The molecule has 0 saturated heterocycles. The zero-order chi connectivity index (χ0) is 10.7. The highest BCUT2D eigenvalue weighted by molar-refractivity contribution is 5.40. The van der Waals surface area contributed by atoms with Crippen LogP contribution in [0.3, 0.4) is 0 Å². The summed E-state index contributed by atoms with van der Waals surface area (Å²) in [7, 11) is 0. The zero-order valence-corrected chi connectivity index (χ0v) is 8.41. The monoisotopic (exact) mass is 208 g/mol. The molecule has 2 rings (SSSR count). The van der Waals surface area contributed by atoms with Crippen LogP contribution in [0, 0.1) is 5.82 Å². The summed E-state index contributed by atoms with van der Waals surface area (Å²) < 4.78 is 18.0. The third-order valence-corrected chi connectivity index (χ3v) is 3.06. The van der Waals surface area contributed by atoms with Crippen LogP contribution in [-0.2, 0) is 15.1 Å². The molecule has 0 N–H and O–H groups in total. The molecular weight excluding hydrogens is 195 g/mol. The first-order valence-electron chi connectivity index (χ1n) is 5.14. The summed E-state index contributed by atoms with van der Waals surface area (Å²) in [5.41, 5.74) is 0.392. The maximum atomic E-state index is 12.8. The Bertz CT molecular complexity index is 339. The fourth-order valence-corrected chi connectivity index (χ4v) is 2.27. The van der Waals surface area contributed by atoms with Gasteiger partial charge >= 0.3 is 0 Å². The summed E-state index contributed by atoms with van der Waals surface area (Å²) in [6.07, 6.45) is 3.76. The molecule has 1 fully saturated rings. The van der Waals surface area contributed by atoms with E-state index in [2.05, 4.69) is 0 Å². The molecule has 1 aromatic carbocycles. The average molecular weight is 208 g/mol. The molecule has 0 unspecified atom stereocenters. The predicted molar refractivity (Wildman–Crippen MR) is 53.7 cm³/mol. The first-order valence-corrected chi connectivity index (χ1v) is 5.14. The molecule has 0 aliphatic heterocycles. The number of rotatable bonds is 3. The smallest absolute Gasteiger partial charge is 0.293 e. The highest BCUT2D eigenvalue weighted by Crippen LogP contribution is 2.41. The Hall–Kier alpha value is -1.38. The largest absolute Gasteiger partial charge is 0.456 e. The molecule has 1 aromatic rings. The molecule has 1 aliphatic rings. The Labute approximate surface area is 88.1 Å². The van der Waals surface area contributed by atoms with Gasteiger partial charge in [0.2, 0.25) is 0 Å². The molecule has 0 amide bonds. The van der Waals surface area contributed by atoms with Crippen molar-refractivity contribution in [3.05, 3.63) is 35.6 Å². The maximum Gasteiger partial charge on any atom is 0.293 e. The third kappa shape index (κ3) is 1.87. The van der Waals surface area contributed by atoms with Crippen molar-refractivity contribution in [3.63, 3.8) is 0 Å². The van der Waals surface area contributed by atoms with Gasteiger partial charge in [-0.1, -0.05) is 12.1 Å². The van der Waals surface area contributed by atoms with E-state index in [9.17, 15) is 9.18 Å². The minimum absolute atomic E-state index is 0.266. The van der Waals surface area contributed by atoms with Crippen molar-refractivity contribution in [1.29, 1.82) is 0 Å². The summed E-state index contributed by atoms with van der Waals surface area (Å²) in [6, 6.07) is 6.21. The molecule has 3 heteroatoms. The van der Waals surface area contributed by atoms with Crippen LogP contribution in [0.5, 0.6) is 0 Å². The van der Waals surface area contributed by atoms with Gasteiger partial charge in [-0.3, -0.25) is 4.79 Å². The van der Waals surface area contributed by atoms with Gasteiger partial charge in [-0.2, -0.15) is 0 Å². The Morgan fingerprint density at radius 3 is 2.33 bits per heavy atom. The van der Waals surface area contributed by atoms with E-state index in [-0.39, 0.29) is 5.82 Å². The number of carbonyl (C=O) groups is 1. The quantitative estimate of drug-likeness (QED) is 0.714. The molecule has 0 radical (unpaired) electrons. The molecule has 2 nitrogen and oxygen atoms in total. The average Bonchev–Trinajstić information content (AvgIpc) is 2.69. The Morgan fingerprint density at radius 2 is 1.80 bits per heavy atom. The molecule has 0 spiro atoms. The number of carbonyl (C=O) groups excluding carboxylic acids is 1. The molecule has 80 valence electrons. The first kappa shape index (κ1) is 10.1. The van der Waals surface area contributed by atoms with Gasteiger partial charge in [0.1, 0.15) is 11.4 Å². The van der Waals surface area contributed by atoms with Crippen molar-refractivity contribution in [2.24, 2.45) is 0 Å². The number of hydrogen-bond acceptors (Lipinski definition) is 2. The van der Waals surface area contributed by atoms with Gasteiger partial charge in [-0.05, 0) is 43.4 Å². The van der Waals surface area contributed by atoms with E-state index in [0.717, 1.165) is 31.2 Å². The Morgan fingerprint density at radius 1 is 1.20 bits per heavy atom. The van der Waals surface area contributed by atoms with Gasteiger partial charge in [0.05, 0.1) is 0 Å². The summed E-state index contributed by atoms with van der Waals surface area (Å²) >= 11 is 0. The van der Waals surface area contributed by atoms with Crippen LogP contribution in [0.2, 0.25) is 0 Å². The topological polar surface area (TPSA) is 26.3 Å². The molecule has 15 heavy (non-hydrogen) atoms. The third-order valence-electron chi connectivity index (χ3n) is 3.06. The van der Waals surface area contributed by atoms with Crippen LogP contribution < -0.4 is 0 Å². The zero-order valence-electron chi connectivity index (χ0n) is 8.41. The molecule has 0 atom stereocenters. The van der Waals surface area contributed by atoms with Crippen molar-refractivity contribution in [3.8, 4) is 0 Å². The van der Waals surface area contributed by atoms with Crippen molar-refractivity contribution < 1.29 is 13.9 Å². The summed E-state index contributed by atoms with van der Waals surface area (Å²) in [5, 5.41) is 0. The van der Waals surface area contributed by atoms with Crippen LogP contribution >= 0.6 is 0 Å². The van der Waals surface area contributed by atoms with Crippen molar-refractivity contribution in [2.75, 3.05) is 0 Å². The lowest BCUT2D eigenvalue weighted by molar-refractivity contribution is -0.144. The minimum Gasteiger partial charge on any atom is -0.456 e. The lowest BCUT2D eigenvalue weighted by atomic mass is 9.92. The van der Waals surface area contributed by atoms with Crippen LogP contribution in [0.4, 0.5) is 4.39 Å². The van der Waals surface area contributed by atoms with Crippen molar-refractivity contribution in [2.45, 2.75) is 31.3 Å². The highest BCUT2D eigenvalue weighted by atomic mass is 19.1. The first-order chi connectivity index (χ1) is 7.27. The minimum atomic E-state index is -0.505. The normalized spacial score (nSPS) is 18.7. The molecular formula is C12H13FO2. The Kier molecular flexibility index (Phi) is 2.71. The lowest BCUT2D eigenvalue weighted by Gasteiger charge is -2.27. The molecule has 0 aromatic heterocycles. The van der Waals surface area contributed by atoms with E-state index >= 15 is 0 Å². The second-order valence-electron chi connectivity index (χ2n) is 3.92. The SMILES string of the molecule is O=COC1(c2ccc(F)cc2)CCCC1. The Balaban J connectivity index is 2.31. The molecule has 0 heterocycles. The maximum absolute atomic E-state index is 12.8. The van der Waals surface area contributed by atoms with Gasteiger partial charge in [-0.15, -0.1) is 0 Å². The van der Waals surface area contributed by atoms with Crippen LogP contribution in [0.15, 0.2) is 24.3 Å². The predicted octanol–water partition coefficient (Wildman–Crippen LogP) is 2.77. The van der Waals surface area contributed by atoms with Gasteiger partial charge in [0, 0.05) is 0 Å². The molecule has 0 bridgehead atoms. The molecule has 1 aliphatic carbocycles. The number of hydrogen-bond donors (Lipinski definition) is 0. The van der Waals surface area contributed by atoms with E-state index in [1.165, 1.54) is 12.1 Å². The number of benzene rings is 1. The van der Waals surface area contributed by atoms with Gasteiger partial charge < -0.3 is 4.74 Å². The van der Waals surface area contributed by atoms with Crippen LogP contribution in [-0.4, -0.2) is 6.47 Å². The van der Waals surface area contributed by atoms with E-state index in [0.29, 0.717) is 6.47 Å². The second-order valence-corrected chi connectivity index (χ2v) is 3.92. The second kappa shape index (κ2) is 4.01. The summed E-state index contributed by atoms with van der Waals surface area (Å²) in [4.78, 5) is 10.5. The van der Waals surface area contributed by atoms with Crippen LogP contribution in [0.25, 0.3) is 0 Å². The van der Waals surface area contributed by atoms with Crippen LogP contribution in [0.1, 0.15) is 31.2 Å². The van der Waals surface area contributed by atoms with E-state index in [4.69, 9.17) is 4.74 Å². The van der Waals surface area contributed by atoms with Gasteiger partial charge in [-0.25, -0.2) is 4.39 Å². The van der Waals surface area contributed by atoms with Crippen molar-refractivity contribution in [1.82, 2.24) is 0 Å². The summed E-state index contributed by atoms with van der Waals surface area (Å²) in [5.74, 6) is -0.266. The summed E-state index contributed by atoms with van der Waals surface area (Å²) in [6.45, 7) is 0.495. The highest BCUT2D eigenvalue weighted by Gasteiger charge is 2.37. The molecule has 1 saturated carbocycles. The standard InChI is InChI=1S/C12H13FO2/c13-11-5-3-10(4-6-11)12(15-9-14)7-1-2-8-12/h3-6,9H,1-2,7-8H2. The van der Waals surface area contributed by atoms with E-state index in [1.807, 2.05) is 0 Å². The number of halogens is 1. The van der Waals surface area contributed by atoms with E-state index in [1.54, 1.807) is 12.1 Å². The lowest BCUT2D eigenvalue weighted by Crippen LogP contribution is -2.25. The fourth-order valence-electron chi connectivity index (χ4n) is 2.27. The van der Waals surface area contributed by atoms with Gasteiger partial charge in [0.15, 0.2) is 0 Å². The van der Waals surface area contributed by atoms with Gasteiger partial charge in [0.25, 0.3) is 6.47 Å². The number of ether oxygens (including phenoxy) is 1. The van der Waals surface area contributed by atoms with E-state index < -0.39 is 5.60 Å². The van der Waals surface area contributed by atoms with Crippen molar-refractivity contribution >= 4 is 6.47 Å². The fraction of sp³-hybridized carbons (Fsp3) is 0.417.